The van der Waals surface area contributed by atoms with Crippen LogP contribution >= 0.6 is 12.6 Å². The maximum atomic E-state index is 11.9. The normalized spacial score (nSPS) is 23.7. The molecule has 98 valence electrons. The van der Waals surface area contributed by atoms with E-state index in [1.54, 1.807) is 0 Å². The van der Waals surface area contributed by atoms with Crippen molar-refractivity contribution >= 4 is 18.5 Å². The predicted molar refractivity (Wildman–Crippen MR) is 77.1 cm³/mol. The van der Waals surface area contributed by atoms with E-state index < -0.39 is 0 Å². The van der Waals surface area contributed by atoms with Gasteiger partial charge in [0.25, 0.3) is 5.91 Å². The molecule has 0 aliphatic heterocycles. The first-order valence-corrected chi connectivity index (χ1v) is 7.17. The summed E-state index contributed by atoms with van der Waals surface area (Å²) in [6, 6.07) is 7.34. The van der Waals surface area contributed by atoms with Crippen molar-refractivity contribution in [2.24, 2.45) is 11.8 Å². The van der Waals surface area contributed by atoms with E-state index in [2.05, 4.69) is 24.9 Å². The second-order valence-corrected chi connectivity index (χ2v) is 5.90. The van der Waals surface area contributed by atoms with E-state index in [0.29, 0.717) is 5.92 Å². The number of rotatable bonds is 3. The second kappa shape index (κ2) is 6.28. The monoisotopic (exact) mass is 263 g/mol. The number of hydrogen-bond acceptors (Lipinski definition) is 2. The second-order valence-electron chi connectivity index (χ2n) is 5.38. The summed E-state index contributed by atoms with van der Waals surface area (Å²) in [5.74, 6) is 1.55. The third-order valence-corrected chi connectivity index (χ3v) is 4.11. The Balaban J connectivity index is 1.79. The fraction of sp³-hybridized carbons (Fsp3) is 0.533. The van der Waals surface area contributed by atoms with E-state index >= 15 is 0 Å². The van der Waals surface area contributed by atoms with Crippen LogP contribution in [0.1, 0.15) is 43.0 Å². The van der Waals surface area contributed by atoms with Crippen molar-refractivity contribution in [3.05, 3.63) is 29.8 Å². The number of thiol groups is 1. The Hall–Kier alpha value is -0.960. The molecule has 18 heavy (non-hydrogen) atoms. The molecule has 1 fully saturated rings. The fourth-order valence-corrected chi connectivity index (χ4v) is 2.63. The molecule has 1 aromatic rings. The van der Waals surface area contributed by atoms with Gasteiger partial charge in [0, 0.05) is 17.0 Å². The lowest BCUT2D eigenvalue weighted by Crippen LogP contribution is -2.31. The molecule has 1 saturated carbocycles. The first-order chi connectivity index (χ1) is 8.65. The van der Waals surface area contributed by atoms with Crippen molar-refractivity contribution < 1.29 is 4.79 Å². The zero-order chi connectivity index (χ0) is 13.0. The van der Waals surface area contributed by atoms with Gasteiger partial charge in [0.1, 0.15) is 0 Å². The van der Waals surface area contributed by atoms with Gasteiger partial charge in [0.2, 0.25) is 0 Å². The van der Waals surface area contributed by atoms with Gasteiger partial charge in [-0.15, -0.1) is 12.6 Å². The molecule has 0 unspecified atom stereocenters. The van der Waals surface area contributed by atoms with Crippen LogP contribution in [0.4, 0.5) is 0 Å². The van der Waals surface area contributed by atoms with E-state index in [4.69, 9.17) is 0 Å². The van der Waals surface area contributed by atoms with Crippen molar-refractivity contribution in [1.82, 2.24) is 5.32 Å². The molecule has 1 aliphatic carbocycles. The van der Waals surface area contributed by atoms with Crippen LogP contribution in [0.5, 0.6) is 0 Å². The molecule has 0 aromatic heterocycles. The summed E-state index contributed by atoms with van der Waals surface area (Å²) in [6.07, 6.45) is 5.10. The summed E-state index contributed by atoms with van der Waals surface area (Å²) < 4.78 is 0. The summed E-state index contributed by atoms with van der Waals surface area (Å²) in [4.78, 5) is 12.8. The van der Waals surface area contributed by atoms with Gasteiger partial charge in [-0.2, -0.15) is 0 Å². The molecule has 3 heteroatoms. The van der Waals surface area contributed by atoms with Gasteiger partial charge in [-0.1, -0.05) is 19.8 Å². The van der Waals surface area contributed by atoms with E-state index in [-0.39, 0.29) is 5.91 Å². The first kappa shape index (κ1) is 13.5. The highest BCUT2D eigenvalue weighted by Crippen LogP contribution is 2.27. The number of carbonyl (C=O) groups excluding carboxylic acids is 1. The van der Waals surface area contributed by atoms with Crippen molar-refractivity contribution in [1.29, 1.82) is 0 Å². The summed E-state index contributed by atoms with van der Waals surface area (Å²) in [5.41, 5.74) is 0.719. The molecule has 0 radical (unpaired) electrons. The Labute approximate surface area is 115 Å². The number of nitrogens with one attached hydrogen (secondary N) is 1. The summed E-state index contributed by atoms with van der Waals surface area (Å²) in [5, 5.41) is 3.04. The summed E-state index contributed by atoms with van der Waals surface area (Å²) >= 11 is 4.21. The minimum atomic E-state index is 0.0296. The molecule has 0 heterocycles. The minimum absolute atomic E-state index is 0.0296. The molecule has 2 nitrogen and oxygen atoms in total. The average molecular weight is 263 g/mol. The summed E-state index contributed by atoms with van der Waals surface area (Å²) in [7, 11) is 0. The van der Waals surface area contributed by atoms with Gasteiger partial charge in [0.15, 0.2) is 0 Å². The first-order valence-electron chi connectivity index (χ1n) is 6.72. The van der Waals surface area contributed by atoms with Gasteiger partial charge in [-0.3, -0.25) is 4.79 Å². The quantitative estimate of drug-likeness (QED) is 0.803. The third kappa shape index (κ3) is 3.77. The number of carbonyl (C=O) groups is 1. The highest BCUT2D eigenvalue weighted by molar-refractivity contribution is 7.80. The highest BCUT2D eigenvalue weighted by atomic mass is 32.1. The Morgan fingerprint density at radius 2 is 1.83 bits per heavy atom. The average Bonchev–Trinajstić information content (AvgIpc) is 2.38. The molecule has 0 atom stereocenters. The maximum Gasteiger partial charge on any atom is 0.251 e. The van der Waals surface area contributed by atoms with Crippen LogP contribution < -0.4 is 5.32 Å². The van der Waals surface area contributed by atoms with E-state index in [9.17, 15) is 4.79 Å². The number of amides is 1. The SMILES string of the molecule is CC1CCC(CNC(=O)c2ccc(S)cc2)CC1. The Morgan fingerprint density at radius 3 is 2.44 bits per heavy atom. The summed E-state index contributed by atoms with van der Waals surface area (Å²) in [6.45, 7) is 3.13. The van der Waals surface area contributed by atoms with E-state index in [1.807, 2.05) is 24.3 Å². The Kier molecular flexibility index (Phi) is 4.70. The molecule has 1 aliphatic rings. The van der Waals surface area contributed by atoms with Gasteiger partial charge in [-0.25, -0.2) is 0 Å². The maximum absolute atomic E-state index is 11.9. The van der Waals surface area contributed by atoms with Crippen molar-refractivity contribution in [2.75, 3.05) is 6.54 Å². The fourth-order valence-electron chi connectivity index (χ4n) is 2.49. The standard InChI is InChI=1S/C15H21NOS/c1-11-2-4-12(5-3-11)10-16-15(17)13-6-8-14(18)9-7-13/h6-9,11-12,18H,2-5,10H2,1H3,(H,16,17). The molecule has 0 spiro atoms. The molecule has 1 amide bonds. The Morgan fingerprint density at radius 1 is 1.22 bits per heavy atom. The smallest absolute Gasteiger partial charge is 0.251 e. The van der Waals surface area contributed by atoms with Crippen LogP contribution in [0.15, 0.2) is 29.2 Å². The Bertz CT molecular complexity index is 393. The van der Waals surface area contributed by atoms with Crippen LogP contribution in [0.3, 0.4) is 0 Å². The zero-order valence-electron chi connectivity index (χ0n) is 10.9. The van der Waals surface area contributed by atoms with Gasteiger partial charge in [0.05, 0.1) is 0 Å². The molecule has 0 bridgehead atoms. The van der Waals surface area contributed by atoms with Gasteiger partial charge in [-0.05, 0) is 48.9 Å². The highest BCUT2D eigenvalue weighted by Gasteiger charge is 2.18. The largest absolute Gasteiger partial charge is 0.352 e. The molecule has 1 N–H and O–H groups in total. The lowest BCUT2D eigenvalue weighted by molar-refractivity contribution is 0.0942. The lowest BCUT2D eigenvalue weighted by atomic mass is 9.83. The molecule has 2 rings (SSSR count). The van der Waals surface area contributed by atoms with Crippen molar-refractivity contribution in [3.63, 3.8) is 0 Å². The number of benzene rings is 1. The van der Waals surface area contributed by atoms with Crippen LogP contribution in [-0.4, -0.2) is 12.5 Å². The molecular weight excluding hydrogens is 242 g/mol. The lowest BCUT2D eigenvalue weighted by Gasteiger charge is -2.26. The number of hydrogen-bond donors (Lipinski definition) is 2. The van der Waals surface area contributed by atoms with Gasteiger partial charge >= 0.3 is 0 Å². The van der Waals surface area contributed by atoms with E-state index in [0.717, 1.165) is 22.9 Å². The van der Waals surface area contributed by atoms with E-state index in [1.165, 1.54) is 25.7 Å². The minimum Gasteiger partial charge on any atom is -0.352 e. The van der Waals surface area contributed by atoms with Crippen LogP contribution in [-0.2, 0) is 0 Å². The predicted octanol–water partition coefficient (Wildman–Crippen LogP) is 3.53. The van der Waals surface area contributed by atoms with Crippen LogP contribution in [0, 0.1) is 11.8 Å². The third-order valence-electron chi connectivity index (χ3n) is 3.82. The van der Waals surface area contributed by atoms with Crippen molar-refractivity contribution in [3.8, 4) is 0 Å². The molecule has 1 aromatic carbocycles. The van der Waals surface area contributed by atoms with Crippen LogP contribution in [0.25, 0.3) is 0 Å². The molecular formula is C15H21NOS. The van der Waals surface area contributed by atoms with Gasteiger partial charge < -0.3 is 5.32 Å². The topological polar surface area (TPSA) is 29.1 Å². The molecule has 0 saturated heterocycles. The van der Waals surface area contributed by atoms with Crippen LogP contribution in [0.2, 0.25) is 0 Å². The zero-order valence-corrected chi connectivity index (χ0v) is 11.7. The van der Waals surface area contributed by atoms with Crippen molar-refractivity contribution in [2.45, 2.75) is 37.5 Å².